The molecule has 13 heteroatoms. The molecule has 0 aliphatic carbocycles. The molecule has 0 bridgehead atoms. The predicted octanol–water partition coefficient (Wildman–Crippen LogP) is 3.58. The number of ether oxygens (including phenoxy) is 4. The van der Waals surface area contributed by atoms with Gasteiger partial charge in [0, 0.05) is 25.2 Å². The van der Waals surface area contributed by atoms with Gasteiger partial charge in [0.1, 0.15) is 30.2 Å². The fourth-order valence-corrected chi connectivity index (χ4v) is 6.90. The topological polar surface area (TPSA) is 133 Å². The van der Waals surface area contributed by atoms with E-state index in [0.717, 1.165) is 19.4 Å². The van der Waals surface area contributed by atoms with E-state index in [-0.39, 0.29) is 29.7 Å². The van der Waals surface area contributed by atoms with Crippen molar-refractivity contribution in [3.05, 3.63) is 48.5 Å². The van der Waals surface area contributed by atoms with Crippen LogP contribution in [-0.4, -0.2) is 103 Å². The molecule has 4 atom stereocenters. The van der Waals surface area contributed by atoms with Crippen LogP contribution in [0.5, 0.6) is 0 Å². The van der Waals surface area contributed by atoms with Gasteiger partial charge >= 0.3 is 6.09 Å². The molecule has 1 spiro atoms. The Bertz CT molecular complexity index is 1560. The SMILES string of the molecule is CC(C)(C)OC(=O)N1CC2(CCCN2C[C@H]2O[C@@H](n3cnc4c(NC(=O)c5ccccc5)ncnc43)[C@@H]3OC(C)(C)O[C@@H]32)C1. The van der Waals surface area contributed by atoms with Crippen molar-refractivity contribution >= 4 is 29.0 Å². The number of carbonyl (C=O) groups is 2. The summed E-state index contributed by atoms with van der Waals surface area (Å²) in [5.41, 5.74) is 0.867. The molecular formula is C31H39N7O6. The minimum Gasteiger partial charge on any atom is -0.444 e. The summed E-state index contributed by atoms with van der Waals surface area (Å²) in [6, 6.07) is 8.94. The van der Waals surface area contributed by atoms with Gasteiger partial charge in [-0.2, -0.15) is 0 Å². The predicted molar refractivity (Wildman–Crippen MR) is 159 cm³/mol. The van der Waals surface area contributed by atoms with E-state index in [2.05, 4.69) is 25.2 Å². The second-order valence-electron chi connectivity index (χ2n) is 13.6. The Morgan fingerprint density at radius 2 is 1.82 bits per heavy atom. The summed E-state index contributed by atoms with van der Waals surface area (Å²) in [6.45, 7) is 12.3. The zero-order chi connectivity index (χ0) is 30.9. The molecular weight excluding hydrogens is 566 g/mol. The van der Waals surface area contributed by atoms with Crippen LogP contribution >= 0.6 is 0 Å². The third kappa shape index (κ3) is 5.21. The average molecular weight is 606 g/mol. The van der Waals surface area contributed by atoms with E-state index < -0.39 is 23.7 Å². The van der Waals surface area contributed by atoms with E-state index in [4.69, 9.17) is 18.9 Å². The minimum absolute atomic E-state index is 0.0936. The lowest BCUT2D eigenvalue weighted by Gasteiger charge is -2.53. The van der Waals surface area contributed by atoms with Crippen molar-refractivity contribution in [2.24, 2.45) is 0 Å². The molecule has 3 aromatic rings. The van der Waals surface area contributed by atoms with Gasteiger partial charge in [-0.05, 0) is 66.1 Å². The number of fused-ring (bicyclic) bond motifs is 2. The van der Waals surface area contributed by atoms with Gasteiger partial charge in [-0.1, -0.05) is 18.2 Å². The molecule has 2 amide bonds. The molecule has 7 rings (SSSR count). The molecule has 0 radical (unpaired) electrons. The molecule has 4 fully saturated rings. The number of benzene rings is 1. The highest BCUT2D eigenvalue weighted by atomic mass is 16.8. The molecule has 4 saturated heterocycles. The van der Waals surface area contributed by atoms with Crippen LogP contribution in [0.25, 0.3) is 11.2 Å². The highest BCUT2D eigenvalue weighted by Crippen LogP contribution is 2.46. The highest BCUT2D eigenvalue weighted by molar-refractivity contribution is 6.06. The summed E-state index contributed by atoms with van der Waals surface area (Å²) >= 11 is 0. The van der Waals surface area contributed by atoms with E-state index >= 15 is 0 Å². The summed E-state index contributed by atoms with van der Waals surface area (Å²) in [6.07, 6.45) is 3.30. The molecule has 4 aliphatic rings. The van der Waals surface area contributed by atoms with E-state index in [1.165, 1.54) is 6.33 Å². The lowest BCUT2D eigenvalue weighted by molar-refractivity contribution is -0.200. The van der Waals surface area contributed by atoms with Crippen molar-refractivity contribution in [1.29, 1.82) is 0 Å². The first kappa shape index (κ1) is 29.1. The molecule has 1 N–H and O–H groups in total. The number of nitrogens with zero attached hydrogens (tertiary/aromatic N) is 6. The summed E-state index contributed by atoms with van der Waals surface area (Å²) < 4.78 is 27.0. The first-order valence-electron chi connectivity index (χ1n) is 15.2. The van der Waals surface area contributed by atoms with E-state index in [0.29, 0.717) is 42.2 Å². The number of hydrogen-bond donors (Lipinski definition) is 1. The number of hydrogen-bond acceptors (Lipinski definition) is 10. The van der Waals surface area contributed by atoms with Crippen LogP contribution in [0.2, 0.25) is 0 Å². The maximum atomic E-state index is 12.8. The van der Waals surface area contributed by atoms with Gasteiger partial charge in [-0.25, -0.2) is 19.7 Å². The van der Waals surface area contributed by atoms with Crippen LogP contribution in [-0.2, 0) is 18.9 Å². The maximum absolute atomic E-state index is 12.8. The molecule has 4 aliphatic heterocycles. The molecule has 2 aromatic heterocycles. The molecule has 234 valence electrons. The Hall–Kier alpha value is -3.65. The third-order valence-electron chi connectivity index (χ3n) is 8.79. The van der Waals surface area contributed by atoms with E-state index in [1.54, 1.807) is 35.5 Å². The van der Waals surface area contributed by atoms with Crippen LogP contribution in [0.15, 0.2) is 43.0 Å². The highest BCUT2D eigenvalue weighted by Gasteiger charge is 2.59. The van der Waals surface area contributed by atoms with Gasteiger partial charge in [0.15, 0.2) is 29.0 Å². The molecule has 13 nitrogen and oxygen atoms in total. The zero-order valence-electron chi connectivity index (χ0n) is 25.7. The van der Waals surface area contributed by atoms with Crippen LogP contribution in [0, 0.1) is 0 Å². The van der Waals surface area contributed by atoms with E-state index in [9.17, 15) is 9.59 Å². The van der Waals surface area contributed by atoms with Gasteiger partial charge in [-0.3, -0.25) is 14.3 Å². The lowest BCUT2D eigenvalue weighted by atomic mass is 9.87. The normalized spacial score (nSPS) is 27.4. The Labute approximate surface area is 255 Å². The molecule has 6 heterocycles. The Morgan fingerprint density at radius 3 is 2.57 bits per heavy atom. The first-order valence-corrected chi connectivity index (χ1v) is 15.2. The van der Waals surface area contributed by atoms with Gasteiger partial charge in [-0.15, -0.1) is 0 Å². The summed E-state index contributed by atoms with van der Waals surface area (Å²) in [4.78, 5) is 43.1. The van der Waals surface area contributed by atoms with Gasteiger partial charge in [0.2, 0.25) is 0 Å². The zero-order valence-corrected chi connectivity index (χ0v) is 25.7. The molecule has 0 saturated carbocycles. The number of aromatic nitrogens is 4. The van der Waals surface area contributed by atoms with Crippen molar-refractivity contribution < 1.29 is 28.5 Å². The smallest absolute Gasteiger partial charge is 0.410 e. The third-order valence-corrected chi connectivity index (χ3v) is 8.79. The molecule has 0 unspecified atom stereocenters. The molecule has 1 aromatic carbocycles. The largest absolute Gasteiger partial charge is 0.444 e. The van der Waals surface area contributed by atoms with Gasteiger partial charge < -0.3 is 29.2 Å². The van der Waals surface area contributed by atoms with Crippen LogP contribution < -0.4 is 5.32 Å². The first-order chi connectivity index (χ1) is 20.9. The summed E-state index contributed by atoms with van der Waals surface area (Å²) in [7, 11) is 0. The monoisotopic (exact) mass is 605 g/mol. The van der Waals surface area contributed by atoms with Crippen molar-refractivity contribution in [1.82, 2.24) is 29.3 Å². The fourth-order valence-electron chi connectivity index (χ4n) is 6.90. The second-order valence-corrected chi connectivity index (χ2v) is 13.6. The van der Waals surface area contributed by atoms with Gasteiger partial charge in [0.25, 0.3) is 5.91 Å². The summed E-state index contributed by atoms with van der Waals surface area (Å²) in [5, 5.41) is 2.86. The van der Waals surface area contributed by atoms with Crippen molar-refractivity contribution in [3.8, 4) is 0 Å². The number of rotatable bonds is 5. The number of imidazole rings is 1. The number of amides is 2. The molecule has 44 heavy (non-hydrogen) atoms. The number of carbonyl (C=O) groups excluding carboxylic acids is 2. The van der Waals surface area contributed by atoms with E-state index in [1.807, 2.05) is 45.3 Å². The quantitative estimate of drug-likeness (QED) is 0.460. The minimum atomic E-state index is -0.789. The van der Waals surface area contributed by atoms with Crippen LogP contribution in [0.1, 0.15) is 64.0 Å². The number of likely N-dealkylation sites (tertiary alicyclic amines) is 2. The van der Waals surface area contributed by atoms with Crippen LogP contribution in [0.3, 0.4) is 0 Å². The maximum Gasteiger partial charge on any atom is 0.410 e. The fraction of sp³-hybridized carbons (Fsp3) is 0.581. The van der Waals surface area contributed by atoms with Crippen LogP contribution in [0.4, 0.5) is 10.6 Å². The van der Waals surface area contributed by atoms with Crippen molar-refractivity contribution in [2.75, 3.05) is 31.5 Å². The number of anilines is 1. The second kappa shape index (κ2) is 10.5. The Balaban J connectivity index is 1.10. The average Bonchev–Trinajstić information content (AvgIpc) is 3.70. The van der Waals surface area contributed by atoms with Gasteiger partial charge in [0.05, 0.1) is 11.9 Å². The Morgan fingerprint density at radius 1 is 1.07 bits per heavy atom. The lowest BCUT2D eigenvalue weighted by Crippen LogP contribution is -2.70. The standard InChI is InChI=1S/C31H39N7O6/c1-29(2,3)44-28(40)36-15-31(16-36)12-9-13-37(31)14-20-22-23(43-30(4,5)42-22)27(41-20)38-18-34-21-24(32-17-33-25(21)38)35-26(39)19-10-7-6-8-11-19/h6-8,10-11,17-18,20,22-23,27H,9,12-16H2,1-5H3,(H,32,33,35,39)/t20-,22-,23-,27-/m1/s1. The van der Waals surface area contributed by atoms with Crippen molar-refractivity contribution in [2.45, 2.75) is 88.9 Å². The number of nitrogens with one attached hydrogen (secondary N) is 1. The van der Waals surface area contributed by atoms with Crippen molar-refractivity contribution in [3.63, 3.8) is 0 Å². The Kier molecular flexibility index (Phi) is 6.92. The summed E-state index contributed by atoms with van der Waals surface area (Å²) in [5.74, 6) is -0.758.